The first kappa shape index (κ1) is 9.63. The van der Waals surface area contributed by atoms with Crippen LogP contribution in [0.15, 0.2) is 12.3 Å². The largest absolute Gasteiger partial charge is 0.351 e. The summed E-state index contributed by atoms with van der Waals surface area (Å²) < 4.78 is 0. The van der Waals surface area contributed by atoms with E-state index in [1.807, 2.05) is 19.2 Å². The van der Waals surface area contributed by atoms with E-state index in [0.29, 0.717) is 12.5 Å². The predicted molar refractivity (Wildman–Crippen MR) is 62.6 cm³/mol. The molecule has 0 radical (unpaired) electrons. The Bertz CT molecular complexity index is 444. The molecule has 2 aliphatic heterocycles. The number of anilines is 2. The van der Waals surface area contributed by atoms with Crippen LogP contribution in [-0.2, 0) is 4.79 Å². The molecule has 1 amide bonds. The number of carbonyl (C=O) groups is 1. The molecule has 1 fully saturated rings. The molecule has 4 nitrogen and oxygen atoms in total. The van der Waals surface area contributed by atoms with Crippen molar-refractivity contribution in [2.24, 2.45) is 0 Å². The van der Waals surface area contributed by atoms with Crippen molar-refractivity contribution in [1.82, 2.24) is 4.98 Å². The second-order valence-electron chi connectivity index (χ2n) is 4.57. The molecule has 3 heterocycles. The van der Waals surface area contributed by atoms with Gasteiger partial charge in [-0.1, -0.05) is 0 Å². The van der Waals surface area contributed by atoms with E-state index >= 15 is 0 Å². The van der Waals surface area contributed by atoms with E-state index in [1.54, 1.807) is 0 Å². The second kappa shape index (κ2) is 3.47. The summed E-state index contributed by atoms with van der Waals surface area (Å²) in [5.41, 5.74) is 1.99. The van der Waals surface area contributed by atoms with E-state index in [2.05, 4.69) is 15.2 Å². The van der Waals surface area contributed by atoms with Gasteiger partial charge in [0.15, 0.2) is 5.82 Å². The van der Waals surface area contributed by atoms with Crippen molar-refractivity contribution in [2.75, 3.05) is 16.8 Å². The molecule has 1 N–H and O–H groups in total. The van der Waals surface area contributed by atoms with Crippen molar-refractivity contribution >= 4 is 17.4 Å². The average molecular weight is 217 g/mol. The van der Waals surface area contributed by atoms with Crippen molar-refractivity contribution in [3.05, 3.63) is 17.8 Å². The van der Waals surface area contributed by atoms with Crippen LogP contribution in [0.3, 0.4) is 0 Å². The maximum atomic E-state index is 11.8. The second-order valence-corrected chi connectivity index (χ2v) is 4.57. The number of nitrogens with one attached hydrogen (secondary N) is 1. The number of carbonyl (C=O) groups excluding carboxylic acids is 1. The van der Waals surface area contributed by atoms with Crippen LogP contribution in [0.2, 0.25) is 0 Å². The summed E-state index contributed by atoms with van der Waals surface area (Å²) in [5, 5.41) is 2.98. The fourth-order valence-corrected chi connectivity index (χ4v) is 2.65. The highest BCUT2D eigenvalue weighted by Gasteiger charge is 2.32. The summed E-state index contributed by atoms with van der Waals surface area (Å²) in [6.45, 7) is 3.03. The van der Waals surface area contributed by atoms with E-state index in [-0.39, 0.29) is 5.91 Å². The minimum absolute atomic E-state index is 0.117. The normalized spacial score (nSPS) is 23.4. The Kier molecular flexibility index (Phi) is 2.09. The van der Waals surface area contributed by atoms with E-state index in [1.165, 1.54) is 0 Å². The van der Waals surface area contributed by atoms with Gasteiger partial charge in [0, 0.05) is 25.2 Å². The van der Waals surface area contributed by atoms with Crippen molar-refractivity contribution in [2.45, 2.75) is 32.2 Å². The quantitative estimate of drug-likeness (QED) is 0.719. The SMILES string of the molecule is Cc1ccnc2c1NC(=O)CC1CCCN21. The Morgan fingerprint density at radius 1 is 1.56 bits per heavy atom. The smallest absolute Gasteiger partial charge is 0.226 e. The Balaban J connectivity index is 2.13. The van der Waals surface area contributed by atoms with Gasteiger partial charge in [0.1, 0.15) is 0 Å². The number of fused-ring (bicyclic) bond motifs is 3. The van der Waals surface area contributed by atoms with Crippen molar-refractivity contribution in [3.63, 3.8) is 0 Å². The Labute approximate surface area is 94.7 Å². The van der Waals surface area contributed by atoms with Gasteiger partial charge in [0.05, 0.1) is 5.69 Å². The zero-order valence-corrected chi connectivity index (χ0v) is 9.36. The summed E-state index contributed by atoms with van der Waals surface area (Å²) >= 11 is 0. The van der Waals surface area contributed by atoms with Gasteiger partial charge >= 0.3 is 0 Å². The van der Waals surface area contributed by atoms with Gasteiger partial charge in [-0.2, -0.15) is 0 Å². The van der Waals surface area contributed by atoms with E-state index < -0.39 is 0 Å². The molecule has 84 valence electrons. The molecule has 0 spiro atoms. The number of rotatable bonds is 0. The first-order valence-corrected chi connectivity index (χ1v) is 5.78. The molecule has 1 unspecified atom stereocenters. The van der Waals surface area contributed by atoms with Gasteiger partial charge in [-0.3, -0.25) is 4.79 Å². The zero-order valence-electron chi connectivity index (χ0n) is 9.36. The molecule has 1 saturated heterocycles. The summed E-state index contributed by atoms with van der Waals surface area (Å²) in [4.78, 5) is 18.5. The Morgan fingerprint density at radius 3 is 3.31 bits per heavy atom. The van der Waals surface area contributed by atoms with Gasteiger partial charge in [-0.05, 0) is 31.4 Å². The predicted octanol–water partition coefficient (Wildman–Crippen LogP) is 1.70. The number of pyridine rings is 1. The molecule has 1 atom stereocenters. The number of amides is 1. The first-order chi connectivity index (χ1) is 7.75. The van der Waals surface area contributed by atoms with Crippen LogP contribution in [0.4, 0.5) is 11.5 Å². The van der Waals surface area contributed by atoms with Crippen LogP contribution in [-0.4, -0.2) is 23.5 Å². The lowest BCUT2D eigenvalue weighted by molar-refractivity contribution is -0.116. The van der Waals surface area contributed by atoms with E-state index in [0.717, 1.165) is 36.5 Å². The highest BCUT2D eigenvalue weighted by molar-refractivity contribution is 5.97. The number of hydrogen-bond donors (Lipinski definition) is 1. The summed E-state index contributed by atoms with van der Waals surface area (Å²) in [5.74, 6) is 1.07. The highest BCUT2D eigenvalue weighted by atomic mass is 16.1. The molecular weight excluding hydrogens is 202 g/mol. The highest BCUT2D eigenvalue weighted by Crippen LogP contribution is 2.35. The van der Waals surface area contributed by atoms with Crippen LogP contribution in [0, 0.1) is 6.92 Å². The number of aryl methyl sites for hydroxylation is 1. The molecular formula is C12H15N3O. The van der Waals surface area contributed by atoms with Gasteiger partial charge in [-0.15, -0.1) is 0 Å². The molecule has 3 rings (SSSR count). The third-order valence-electron chi connectivity index (χ3n) is 3.47. The molecule has 0 aliphatic carbocycles. The molecule has 4 heteroatoms. The van der Waals surface area contributed by atoms with Crippen LogP contribution < -0.4 is 10.2 Å². The monoisotopic (exact) mass is 217 g/mol. The standard InChI is InChI=1S/C12H15N3O/c1-8-4-5-13-12-11(8)14-10(16)7-9-3-2-6-15(9)12/h4-5,9H,2-3,6-7H2,1H3,(H,14,16). The summed E-state index contributed by atoms with van der Waals surface area (Å²) in [7, 11) is 0. The zero-order chi connectivity index (χ0) is 11.1. The minimum atomic E-state index is 0.117. The number of hydrogen-bond acceptors (Lipinski definition) is 3. The van der Waals surface area contributed by atoms with Crippen molar-refractivity contribution < 1.29 is 4.79 Å². The number of aromatic nitrogens is 1. The summed E-state index contributed by atoms with van der Waals surface area (Å²) in [6.07, 6.45) is 4.67. The fraction of sp³-hybridized carbons (Fsp3) is 0.500. The molecule has 0 saturated carbocycles. The molecule has 1 aromatic rings. The fourth-order valence-electron chi connectivity index (χ4n) is 2.65. The third-order valence-corrected chi connectivity index (χ3v) is 3.47. The molecule has 2 aliphatic rings. The number of nitrogens with zero attached hydrogens (tertiary/aromatic N) is 2. The van der Waals surface area contributed by atoms with E-state index in [9.17, 15) is 4.79 Å². The lowest BCUT2D eigenvalue weighted by Gasteiger charge is -2.23. The topological polar surface area (TPSA) is 45.2 Å². The van der Waals surface area contributed by atoms with Gasteiger partial charge in [0.2, 0.25) is 5.91 Å². The molecule has 0 bridgehead atoms. The van der Waals surface area contributed by atoms with Crippen LogP contribution >= 0.6 is 0 Å². The first-order valence-electron chi connectivity index (χ1n) is 5.78. The maximum Gasteiger partial charge on any atom is 0.226 e. The van der Waals surface area contributed by atoms with Gasteiger partial charge < -0.3 is 10.2 Å². The summed E-state index contributed by atoms with van der Waals surface area (Å²) in [6, 6.07) is 2.28. The van der Waals surface area contributed by atoms with E-state index in [4.69, 9.17) is 0 Å². The van der Waals surface area contributed by atoms with Crippen molar-refractivity contribution in [1.29, 1.82) is 0 Å². The van der Waals surface area contributed by atoms with Crippen LogP contribution in [0.25, 0.3) is 0 Å². The lowest BCUT2D eigenvalue weighted by Crippen LogP contribution is -2.30. The van der Waals surface area contributed by atoms with Crippen LogP contribution in [0.1, 0.15) is 24.8 Å². The minimum Gasteiger partial charge on any atom is -0.351 e. The lowest BCUT2D eigenvalue weighted by atomic mass is 10.1. The van der Waals surface area contributed by atoms with Crippen LogP contribution in [0.5, 0.6) is 0 Å². The van der Waals surface area contributed by atoms with Gasteiger partial charge in [-0.25, -0.2) is 4.98 Å². The van der Waals surface area contributed by atoms with Crippen molar-refractivity contribution in [3.8, 4) is 0 Å². The maximum absolute atomic E-state index is 11.8. The third kappa shape index (κ3) is 1.37. The Morgan fingerprint density at radius 2 is 2.44 bits per heavy atom. The molecule has 1 aromatic heterocycles. The average Bonchev–Trinajstić information content (AvgIpc) is 2.64. The van der Waals surface area contributed by atoms with Gasteiger partial charge in [0.25, 0.3) is 0 Å². The molecule has 0 aromatic carbocycles. The Hall–Kier alpha value is -1.58. The molecule has 16 heavy (non-hydrogen) atoms.